The van der Waals surface area contributed by atoms with E-state index in [2.05, 4.69) is 15.3 Å². The smallest absolute Gasteiger partial charge is 0.216 e. The molecular formula is C13H16N4S2. The Morgan fingerprint density at radius 1 is 1.42 bits per heavy atom. The second kappa shape index (κ2) is 5.79. The topological polar surface area (TPSA) is 46.0 Å². The first kappa shape index (κ1) is 12.7. The predicted molar refractivity (Wildman–Crippen MR) is 80.5 cm³/mol. The van der Waals surface area contributed by atoms with Crippen molar-refractivity contribution in [1.82, 2.24) is 14.9 Å². The molecule has 2 heterocycles. The Hall–Kier alpha value is -1.27. The van der Waals surface area contributed by atoms with Gasteiger partial charge >= 0.3 is 0 Å². The summed E-state index contributed by atoms with van der Waals surface area (Å²) in [5.41, 5.74) is 0. The molecule has 1 fully saturated rings. The van der Waals surface area contributed by atoms with Gasteiger partial charge in [0.25, 0.3) is 0 Å². The van der Waals surface area contributed by atoms with E-state index in [9.17, 15) is 0 Å². The molecule has 6 heteroatoms. The van der Waals surface area contributed by atoms with Crippen LogP contribution in [0.4, 0.5) is 0 Å². The lowest BCUT2D eigenvalue weighted by molar-refractivity contribution is 0.419. The van der Waals surface area contributed by atoms with Gasteiger partial charge in [-0.25, -0.2) is 0 Å². The van der Waals surface area contributed by atoms with Crippen molar-refractivity contribution < 1.29 is 0 Å². The van der Waals surface area contributed by atoms with Gasteiger partial charge in [0.05, 0.1) is 6.21 Å². The summed E-state index contributed by atoms with van der Waals surface area (Å²) in [6.45, 7) is 0. The summed E-state index contributed by atoms with van der Waals surface area (Å²) in [4.78, 5) is 1.12. The molecule has 0 radical (unpaired) electrons. The lowest BCUT2D eigenvalue weighted by atomic mass is 9.89. The molecule has 0 spiro atoms. The summed E-state index contributed by atoms with van der Waals surface area (Å²) in [6, 6.07) is 4.06. The minimum atomic E-state index is 0.488. The third kappa shape index (κ3) is 2.84. The van der Waals surface area contributed by atoms with Crippen molar-refractivity contribution >= 4 is 29.8 Å². The zero-order chi connectivity index (χ0) is 13.1. The van der Waals surface area contributed by atoms with Crippen LogP contribution in [0.3, 0.4) is 0 Å². The Morgan fingerprint density at radius 3 is 3.00 bits per heavy atom. The lowest BCUT2D eigenvalue weighted by Gasteiger charge is -2.19. The highest BCUT2D eigenvalue weighted by Crippen LogP contribution is 2.31. The van der Waals surface area contributed by atoms with Crippen LogP contribution in [0.15, 0.2) is 22.6 Å². The molecule has 3 rings (SSSR count). The van der Waals surface area contributed by atoms with Gasteiger partial charge in [0.2, 0.25) is 4.77 Å². The third-order valence-electron chi connectivity index (χ3n) is 3.49. The molecule has 2 aromatic rings. The van der Waals surface area contributed by atoms with Crippen LogP contribution in [0.25, 0.3) is 0 Å². The molecular weight excluding hydrogens is 276 g/mol. The summed E-state index contributed by atoms with van der Waals surface area (Å²) in [7, 11) is 0. The summed E-state index contributed by atoms with van der Waals surface area (Å²) in [5, 5.41) is 13.8. The second-order valence-electron chi connectivity index (χ2n) is 4.79. The number of hydrogen-bond acceptors (Lipinski definition) is 4. The quantitative estimate of drug-likeness (QED) is 0.688. The van der Waals surface area contributed by atoms with Crippen LogP contribution in [0, 0.1) is 4.77 Å². The van der Waals surface area contributed by atoms with Crippen molar-refractivity contribution in [3.63, 3.8) is 0 Å². The minimum Gasteiger partial charge on any atom is -0.250 e. The van der Waals surface area contributed by atoms with E-state index in [1.807, 2.05) is 23.7 Å². The van der Waals surface area contributed by atoms with E-state index in [1.165, 1.54) is 32.1 Å². The largest absolute Gasteiger partial charge is 0.250 e. The van der Waals surface area contributed by atoms with Crippen LogP contribution in [-0.2, 0) is 0 Å². The molecule has 2 aromatic heterocycles. The highest BCUT2D eigenvalue weighted by Gasteiger charge is 2.21. The zero-order valence-electron chi connectivity index (χ0n) is 10.6. The van der Waals surface area contributed by atoms with Crippen LogP contribution in [0.5, 0.6) is 0 Å². The van der Waals surface area contributed by atoms with Gasteiger partial charge in [0.15, 0.2) is 5.82 Å². The molecule has 1 aliphatic rings. The van der Waals surface area contributed by atoms with Crippen molar-refractivity contribution in [2.45, 2.75) is 38.0 Å². The summed E-state index contributed by atoms with van der Waals surface area (Å²) < 4.78 is 2.36. The molecule has 0 aromatic carbocycles. The number of aromatic amines is 1. The molecule has 1 aliphatic carbocycles. The van der Waals surface area contributed by atoms with Gasteiger partial charge in [-0.2, -0.15) is 14.9 Å². The molecule has 1 N–H and O–H groups in total. The van der Waals surface area contributed by atoms with Crippen LogP contribution in [-0.4, -0.2) is 21.1 Å². The monoisotopic (exact) mass is 292 g/mol. The first-order valence-electron chi connectivity index (χ1n) is 6.60. The number of hydrogen-bond donors (Lipinski definition) is 1. The maximum Gasteiger partial charge on any atom is 0.216 e. The van der Waals surface area contributed by atoms with Gasteiger partial charge in [-0.15, -0.1) is 11.3 Å². The van der Waals surface area contributed by atoms with Gasteiger partial charge in [-0.05, 0) is 36.5 Å². The van der Waals surface area contributed by atoms with E-state index >= 15 is 0 Å². The third-order valence-corrected chi connectivity index (χ3v) is 4.56. The molecule has 0 bridgehead atoms. The Labute approximate surface area is 121 Å². The standard InChI is InChI=1S/C13H16N4S2/c18-13-16-15-12(10-5-2-1-3-6-10)17(13)14-9-11-7-4-8-19-11/h4,7-10H,1-3,5-6H2,(H,16,18)/b14-9-. The van der Waals surface area contributed by atoms with E-state index in [0.29, 0.717) is 10.7 Å². The number of aromatic nitrogens is 3. The highest BCUT2D eigenvalue weighted by atomic mass is 32.1. The summed E-state index contributed by atoms with van der Waals surface area (Å²) in [5.74, 6) is 1.47. The SMILES string of the molecule is S=c1[nH]nc(C2CCCCC2)n1/N=C\c1cccs1. The zero-order valence-corrected chi connectivity index (χ0v) is 12.2. The van der Waals surface area contributed by atoms with Crippen LogP contribution >= 0.6 is 23.6 Å². The molecule has 100 valence electrons. The Kier molecular flexibility index (Phi) is 3.89. The lowest BCUT2D eigenvalue weighted by Crippen LogP contribution is -2.10. The number of rotatable bonds is 3. The fourth-order valence-electron chi connectivity index (χ4n) is 2.52. The average Bonchev–Trinajstić information content (AvgIpc) is 3.07. The summed E-state index contributed by atoms with van der Waals surface area (Å²) in [6.07, 6.45) is 8.11. The Morgan fingerprint density at radius 2 is 2.26 bits per heavy atom. The van der Waals surface area contributed by atoms with E-state index in [0.717, 1.165) is 10.7 Å². The first-order chi connectivity index (χ1) is 9.34. The van der Waals surface area contributed by atoms with Crippen molar-refractivity contribution in [2.24, 2.45) is 5.10 Å². The second-order valence-corrected chi connectivity index (χ2v) is 6.16. The molecule has 1 saturated carbocycles. The van der Waals surface area contributed by atoms with E-state index in [-0.39, 0.29) is 0 Å². The number of nitrogens with zero attached hydrogens (tertiary/aromatic N) is 3. The van der Waals surface area contributed by atoms with E-state index in [1.54, 1.807) is 16.0 Å². The highest BCUT2D eigenvalue weighted by molar-refractivity contribution is 7.71. The minimum absolute atomic E-state index is 0.488. The first-order valence-corrected chi connectivity index (χ1v) is 7.88. The summed E-state index contributed by atoms with van der Waals surface area (Å²) >= 11 is 6.94. The molecule has 0 saturated heterocycles. The van der Waals surface area contributed by atoms with Crippen LogP contribution in [0.1, 0.15) is 48.7 Å². The number of thiophene rings is 1. The van der Waals surface area contributed by atoms with Gasteiger partial charge in [0.1, 0.15) is 0 Å². The maximum absolute atomic E-state index is 5.27. The number of H-pyrrole nitrogens is 1. The van der Waals surface area contributed by atoms with Crippen molar-refractivity contribution in [2.75, 3.05) is 0 Å². The van der Waals surface area contributed by atoms with E-state index < -0.39 is 0 Å². The van der Waals surface area contributed by atoms with Gasteiger partial charge in [0, 0.05) is 10.8 Å². The Balaban J connectivity index is 1.88. The van der Waals surface area contributed by atoms with Gasteiger partial charge in [-0.3, -0.25) is 5.10 Å². The van der Waals surface area contributed by atoms with Crippen LogP contribution < -0.4 is 0 Å². The molecule has 19 heavy (non-hydrogen) atoms. The molecule has 4 nitrogen and oxygen atoms in total. The van der Waals surface area contributed by atoms with Gasteiger partial charge < -0.3 is 0 Å². The van der Waals surface area contributed by atoms with Crippen molar-refractivity contribution in [1.29, 1.82) is 0 Å². The van der Waals surface area contributed by atoms with Crippen LogP contribution in [0.2, 0.25) is 0 Å². The molecule has 0 unspecified atom stereocenters. The molecule has 0 atom stereocenters. The van der Waals surface area contributed by atoms with Crippen molar-refractivity contribution in [3.8, 4) is 0 Å². The average molecular weight is 292 g/mol. The fraction of sp³-hybridized carbons (Fsp3) is 0.462. The van der Waals surface area contributed by atoms with Crippen molar-refractivity contribution in [3.05, 3.63) is 33.0 Å². The van der Waals surface area contributed by atoms with Gasteiger partial charge in [-0.1, -0.05) is 25.3 Å². The maximum atomic E-state index is 5.27. The normalized spacial score (nSPS) is 17.3. The Bertz CT molecular complexity index is 603. The fourth-order valence-corrected chi connectivity index (χ4v) is 3.29. The number of nitrogens with one attached hydrogen (secondary N) is 1. The van der Waals surface area contributed by atoms with E-state index in [4.69, 9.17) is 12.2 Å². The molecule has 0 amide bonds. The predicted octanol–water partition coefficient (Wildman–Crippen LogP) is 3.93. The molecule has 0 aliphatic heterocycles.